The molecule has 1 aliphatic heterocycles. The number of ether oxygens (including phenoxy) is 1. The first kappa shape index (κ1) is 12.2. The van der Waals surface area contributed by atoms with E-state index in [0.29, 0.717) is 5.41 Å². The van der Waals surface area contributed by atoms with Crippen molar-refractivity contribution in [3.05, 3.63) is 35.4 Å². The zero-order valence-electron chi connectivity index (χ0n) is 11.2. The lowest BCUT2D eigenvalue weighted by Crippen LogP contribution is -2.37. The Morgan fingerprint density at radius 3 is 2.83 bits per heavy atom. The van der Waals surface area contributed by atoms with Crippen molar-refractivity contribution < 1.29 is 4.74 Å². The molecule has 1 saturated carbocycles. The van der Waals surface area contributed by atoms with Crippen molar-refractivity contribution in [2.24, 2.45) is 5.41 Å². The van der Waals surface area contributed by atoms with Crippen LogP contribution in [0.4, 0.5) is 0 Å². The van der Waals surface area contributed by atoms with Gasteiger partial charge in [-0.2, -0.15) is 0 Å². The molecule has 2 nitrogen and oxygen atoms in total. The normalized spacial score (nSPS) is 27.6. The Bertz CT molecular complexity index is 405. The van der Waals surface area contributed by atoms with Gasteiger partial charge in [-0.15, -0.1) is 0 Å². The summed E-state index contributed by atoms with van der Waals surface area (Å²) in [4.78, 5) is 0. The van der Waals surface area contributed by atoms with Gasteiger partial charge < -0.3 is 10.1 Å². The van der Waals surface area contributed by atoms with Crippen LogP contribution in [-0.4, -0.2) is 25.8 Å². The molecule has 1 aromatic carbocycles. The second-order valence-electron chi connectivity index (χ2n) is 6.06. The van der Waals surface area contributed by atoms with E-state index < -0.39 is 0 Å². The van der Waals surface area contributed by atoms with Gasteiger partial charge in [-0.1, -0.05) is 24.3 Å². The standard InChI is InChI=1S/C16H23NO/c1-13-4-2-3-5-14(13)10-16(8-9-18-12-16)11-17-15-6-7-15/h2-5,15,17H,6-12H2,1H3. The number of hydrogen-bond acceptors (Lipinski definition) is 2. The summed E-state index contributed by atoms with van der Waals surface area (Å²) in [6, 6.07) is 9.55. The van der Waals surface area contributed by atoms with Gasteiger partial charge >= 0.3 is 0 Å². The highest BCUT2D eigenvalue weighted by Crippen LogP contribution is 2.34. The Morgan fingerprint density at radius 1 is 1.33 bits per heavy atom. The molecule has 3 rings (SSSR count). The fourth-order valence-electron chi connectivity index (χ4n) is 2.85. The van der Waals surface area contributed by atoms with Gasteiger partial charge in [-0.05, 0) is 43.7 Å². The number of nitrogens with one attached hydrogen (secondary N) is 1. The molecule has 1 aromatic rings. The molecule has 98 valence electrons. The molecule has 1 N–H and O–H groups in total. The first-order chi connectivity index (χ1) is 8.77. The van der Waals surface area contributed by atoms with E-state index in [1.807, 2.05) is 0 Å². The predicted octanol–water partition coefficient (Wildman–Crippen LogP) is 2.70. The van der Waals surface area contributed by atoms with Crippen LogP contribution in [0.5, 0.6) is 0 Å². The van der Waals surface area contributed by atoms with Gasteiger partial charge in [-0.3, -0.25) is 0 Å². The van der Waals surface area contributed by atoms with E-state index in [2.05, 4.69) is 36.5 Å². The van der Waals surface area contributed by atoms with Crippen LogP contribution in [0.3, 0.4) is 0 Å². The maximum Gasteiger partial charge on any atom is 0.0538 e. The topological polar surface area (TPSA) is 21.3 Å². The third-order valence-corrected chi connectivity index (χ3v) is 4.35. The van der Waals surface area contributed by atoms with E-state index in [9.17, 15) is 0 Å². The fourth-order valence-corrected chi connectivity index (χ4v) is 2.85. The second kappa shape index (κ2) is 5.02. The maximum absolute atomic E-state index is 5.69. The van der Waals surface area contributed by atoms with Crippen molar-refractivity contribution in [2.45, 2.75) is 38.6 Å². The van der Waals surface area contributed by atoms with Crippen molar-refractivity contribution in [1.29, 1.82) is 0 Å². The lowest BCUT2D eigenvalue weighted by Gasteiger charge is -2.28. The first-order valence-corrected chi connectivity index (χ1v) is 7.13. The Labute approximate surface area is 110 Å². The van der Waals surface area contributed by atoms with Crippen LogP contribution in [0, 0.1) is 12.3 Å². The summed E-state index contributed by atoms with van der Waals surface area (Å²) in [5.74, 6) is 0. The molecule has 1 atom stereocenters. The number of aryl methyl sites for hydroxylation is 1. The quantitative estimate of drug-likeness (QED) is 0.861. The maximum atomic E-state index is 5.69. The van der Waals surface area contributed by atoms with Crippen molar-refractivity contribution >= 4 is 0 Å². The van der Waals surface area contributed by atoms with Gasteiger partial charge in [-0.25, -0.2) is 0 Å². The van der Waals surface area contributed by atoms with E-state index in [0.717, 1.165) is 32.2 Å². The van der Waals surface area contributed by atoms with Gasteiger partial charge in [0, 0.05) is 24.6 Å². The molecule has 0 aromatic heterocycles. The summed E-state index contributed by atoms with van der Waals surface area (Å²) in [6.45, 7) is 5.18. The van der Waals surface area contributed by atoms with E-state index in [-0.39, 0.29) is 0 Å². The average molecular weight is 245 g/mol. The van der Waals surface area contributed by atoms with E-state index in [1.54, 1.807) is 0 Å². The molecule has 2 fully saturated rings. The highest BCUT2D eigenvalue weighted by Gasteiger charge is 2.36. The lowest BCUT2D eigenvalue weighted by atomic mass is 9.80. The molecule has 0 spiro atoms. The first-order valence-electron chi connectivity index (χ1n) is 7.13. The molecule has 1 unspecified atom stereocenters. The Hall–Kier alpha value is -0.860. The molecule has 1 saturated heterocycles. The van der Waals surface area contributed by atoms with Crippen LogP contribution >= 0.6 is 0 Å². The highest BCUT2D eigenvalue weighted by atomic mass is 16.5. The Morgan fingerprint density at radius 2 is 2.17 bits per heavy atom. The minimum Gasteiger partial charge on any atom is -0.381 e. The Kier molecular flexibility index (Phi) is 3.40. The number of benzene rings is 1. The van der Waals surface area contributed by atoms with Gasteiger partial charge in [0.05, 0.1) is 6.61 Å². The van der Waals surface area contributed by atoms with Crippen molar-refractivity contribution in [2.75, 3.05) is 19.8 Å². The number of hydrogen-bond donors (Lipinski definition) is 1. The highest BCUT2D eigenvalue weighted by molar-refractivity contribution is 5.27. The summed E-state index contributed by atoms with van der Waals surface area (Å²) in [7, 11) is 0. The summed E-state index contributed by atoms with van der Waals surface area (Å²) < 4.78 is 5.69. The summed E-state index contributed by atoms with van der Waals surface area (Å²) >= 11 is 0. The van der Waals surface area contributed by atoms with Crippen LogP contribution < -0.4 is 5.32 Å². The smallest absolute Gasteiger partial charge is 0.0538 e. The third-order valence-electron chi connectivity index (χ3n) is 4.35. The van der Waals surface area contributed by atoms with Crippen LogP contribution in [0.1, 0.15) is 30.4 Å². The average Bonchev–Trinajstić information content (AvgIpc) is 3.10. The Balaban J connectivity index is 1.70. The minimum absolute atomic E-state index is 0.328. The molecular weight excluding hydrogens is 222 g/mol. The third kappa shape index (κ3) is 2.76. The van der Waals surface area contributed by atoms with Gasteiger partial charge in [0.2, 0.25) is 0 Å². The van der Waals surface area contributed by atoms with E-state index >= 15 is 0 Å². The van der Waals surface area contributed by atoms with Crippen molar-refractivity contribution in [3.63, 3.8) is 0 Å². The summed E-state index contributed by atoms with van der Waals surface area (Å²) in [5, 5.41) is 3.70. The van der Waals surface area contributed by atoms with Crippen molar-refractivity contribution in [1.82, 2.24) is 5.32 Å². The van der Waals surface area contributed by atoms with Crippen molar-refractivity contribution in [3.8, 4) is 0 Å². The van der Waals surface area contributed by atoms with Gasteiger partial charge in [0.15, 0.2) is 0 Å². The zero-order chi connectivity index (χ0) is 12.4. The van der Waals surface area contributed by atoms with Gasteiger partial charge in [0.1, 0.15) is 0 Å². The molecule has 18 heavy (non-hydrogen) atoms. The molecule has 2 aliphatic rings. The van der Waals surface area contributed by atoms with Crippen LogP contribution in [0.2, 0.25) is 0 Å². The SMILES string of the molecule is Cc1ccccc1CC1(CNC2CC2)CCOC1. The lowest BCUT2D eigenvalue weighted by molar-refractivity contribution is 0.149. The zero-order valence-corrected chi connectivity index (χ0v) is 11.2. The fraction of sp³-hybridized carbons (Fsp3) is 0.625. The molecular formula is C16H23NO. The monoisotopic (exact) mass is 245 g/mol. The van der Waals surface area contributed by atoms with E-state index in [4.69, 9.17) is 4.74 Å². The molecule has 0 bridgehead atoms. The molecule has 0 radical (unpaired) electrons. The van der Waals surface area contributed by atoms with Crippen LogP contribution in [0.15, 0.2) is 24.3 Å². The summed E-state index contributed by atoms with van der Waals surface area (Å²) in [5.41, 5.74) is 3.23. The number of rotatable bonds is 5. The second-order valence-corrected chi connectivity index (χ2v) is 6.06. The summed E-state index contributed by atoms with van der Waals surface area (Å²) in [6.07, 6.45) is 5.07. The predicted molar refractivity (Wildman–Crippen MR) is 73.8 cm³/mol. The largest absolute Gasteiger partial charge is 0.381 e. The molecule has 1 aliphatic carbocycles. The van der Waals surface area contributed by atoms with Crippen LogP contribution in [0.25, 0.3) is 0 Å². The minimum atomic E-state index is 0.328. The van der Waals surface area contributed by atoms with E-state index in [1.165, 1.54) is 30.4 Å². The van der Waals surface area contributed by atoms with Gasteiger partial charge in [0.25, 0.3) is 0 Å². The van der Waals surface area contributed by atoms with Crippen LogP contribution in [-0.2, 0) is 11.2 Å². The molecule has 1 heterocycles. The molecule has 2 heteroatoms. The molecule has 0 amide bonds.